The first-order valence-corrected chi connectivity index (χ1v) is 10.0. The molecule has 0 N–H and O–H groups in total. The van der Waals surface area contributed by atoms with Crippen molar-refractivity contribution in [1.29, 1.82) is 0 Å². The number of rotatable bonds is 6. The molecular weight excluding hydrogens is 318 g/mol. The van der Waals surface area contributed by atoms with Crippen LogP contribution in [-0.4, -0.2) is 47.7 Å². The van der Waals surface area contributed by atoms with Gasteiger partial charge in [-0.05, 0) is 19.3 Å². The number of esters is 1. The first-order valence-electron chi connectivity index (χ1n) is 10.0. The standard InChI is InChI=1S/C20H29NO4/c1-2-3-7-12-24-19(23)16-15-10-11-20(25-15)13-21(18(22)17(16)20)14-8-5-4-6-9-14/h10-11,14-17H,2-9,12-13H2,1H3/t15-,16+,17+,20+/m1/s1. The van der Waals surface area contributed by atoms with E-state index in [0.717, 1.165) is 32.1 Å². The Morgan fingerprint density at radius 3 is 2.88 bits per heavy atom. The van der Waals surface area contributed by atoms with E-state index in [1.54, 1.807) is 0 Å². The summed E-state index contributed by atoms with van der Waals surface area (Å²) in [4.78, 5) is 27.8. The highest BCUT2D eigenvalue weighted by Crippen LogP contribution is 2.53. The number of unbranched alkanes of at least 4 members (excludes halogenated alkanes) is 2. The van der Waals surface area contributed by atoms with Crippen molar-refractivity contribution in [2.45, 2.75) is 76.0 Å². The Morgan fingerprint density at radius 1 is 1.32 bits per heavy atom. The van der Waals surface area contributed by atoms with E-state index in [0.29, 0.717) is 19.2 Å². The number of hydrogen-bond acceptors (Lipinski definition) is 4. The van der Waals surface area contributed by atoms with Crippen LogP contribution in [0.3, 0.4) is 0 Å². The summed E-state index contributed by atoms with van der Waals surface area (Å²) in [5, 5.41) is 0. The maximum atomic E-state index is 13.2. The topological polar surface area (TPSA) is 55.8 Å². The molecule has 0 aromatic carbocycles. The van der Waals surface area contributed by atoms with Gasteiger partial charge in [-0.15, -0.1) is 0 Å². The van der Waals surface area contributed by atoms with Gasteiger partial charge < -0.3 is 14.4 Å². The number of ether oxygens (including phenoxy) is 2. The van der Waals surface area contributed by atoms with Crippen molar-refractivity contribution in [2.75, 3.05) is 13.2 Å². The van der Waals surface area contributed by atoms with Crippen LogP contribution in [0.2, 0.25) is 0 Å². The molecule has 1 saturated carbocycles. The molecule has 3 heterocycles. The van der Waals surface area contributed by atoms with E-state index in [1.165, 1.54) is 19.3 Å². The van der Waals surface area contributed by atoms with Gasteiger partial charge in [-0.25, -0.2) is 0 Å². The number of amides is 1. The minimum atomic E-state index is -0.591. The van der Waals surface area contributed by atoms with Crippen LogP contribution in [-0.2, 0) is 19.1 Å². The SMILES string of the molecule is CCCCCOC(=O)[C@@H]1[C@H]2C(=O)N(C3CCCCC3)C[C@@]23C=C[C@H]1O3. The normalized spacial score (nSPS) is 36.9. The summed E-state index contributed by atoms with van der Waals surface area (Å²) in [7, 11) is 0. The molecule has 0 aromatic heterocycles. The average Bonchev–Trinajstić information content (AvgIpc) is 3.28. The molecule has 25 heavy (non-hydrogen) atoms. The van der Waals surface area contributed by atoms with E-state index in [2.05, 4.69) is 6.92 Å². The molecule has 138 valence electrons. The lowest BCUT2D eigenvalue weighted by atomic mass is 9.77. The molecule has 0 aromatic rings. The molecule has 1 spiro atoms. The zero-order chi connectivity index (χ0) is 17.4. The Kier molecular flexibility index (Phi) is 4.61. The first kappa shape index (κ1) is 17.1. The Balaban J connectivity index is 1.47. The molecule has 1 amide bonds. The molecule has 0 radical (unpaired) electrons. The monoisotopic (exact) mass is 347 g/mol. The molecule has 3 fully saturated rings. The van der Waals surface area contributed by atoms with Gasteiger partial charge in [0.05, 0.1) is 25.2 Å². The average molecular weight is 347 g/mol. The number of carbonyl (C=O) groups excluding carboxylic acids is 2. The highest BCUT2D eigenvalue weighted by atomic mass is 16.6. The van der Waals surface area contributed by atoms with Gasteiger partial charge in [0.1, 0.15) is 11.5 Å². The summed E-state index contributed by atoms with van der Waals surface area (Å²) in [6.45, 7) is 3.17. The van der Waals surface area contributed by atoms with E-state index in [4.69, 9.17) is 9.47 Å². The molecule has 5 nitrogen and oxygen atoms in total. The summed E-state index contributed by atoms with van der Waals surface area (Å²) < 4.78 is 11.7. The highest BCUT2D eigenvalue weighted by Gasteiger charge is 2.67. The smallest absolute Gasteiger partial charge is 0.312 e. The Labute approximate surface area is 149 Å². The van der Waals surface area contributed by atoms with Crippen LogP contribution in [0, 0.1) is 11.8 Å². The maximum Gasteiger partial charge on any atom is 0.312 e. The van der Waals surface area contributed by atoms with Crippen LogP contribution >= 0.6 is 0 Å². The fraction of sp³-hybridized carbons (Fsp3) is 0.800. The van der Waals surface area contributed by atoms with Crippen LogP contribution in [0.15, 0.2) is 12.2 Å². The van der Waals surface area contributed by atoms with Crippen LogP contribution in [0.25, 0.3) is 0 Å². The third-order valence-corrected chi connectivity index (χ3v) is 6.41. The first-order chi connectivity index (χ1) is 12.2. The lowest BCUT2D eigenvalue weighted by Gasteiger charge is -2.32. The molecule has 5 heteroatoms. The summed E-state index contributed by atoms with van der Waals surface area (Å²) >= 11 is 0. The molecule has 0 unspecified atom stereocenters. The molecule has 3 aliphatic heterocycles. The molecule has 2 bridgehead atoms. The van der Waals surface area contributed by atoms with Crippen molar-refractivity contribution in [2.24, 2.45) is 11.8 Å². The highest BCUT2D eigenvalue weighted by molar-refractivity contribution is 5.91. The largest absolute Gasteiger partial charge is 0.465 e. The van der Waals surface area contributed by atoms with Crippen molar-refractivity contribution in [3.63, 3.8) is 0 Å². The molecule has 4 aliphatic rings. The lowest BCUT2D eigenvalue weighted by Crippen LogP contribution is -2.42. The van der Waals surface area contributed by atoms with E-state index >= 15 is 0 Å². The van der Waals surface area contributed by atoms with Crippen molar-refractivity contribution < 1.29 is 19.1 Å². The van der Waals surface area contributed by atoms with Crippen molar-refractivity contribution in [3.05, 3.63) is 12.2 Å². The molecule has 4 atom stereocenters. The second-order valence-corrected chi connectivity index (χ2v) is 8.03. The fourth-order valence-corrected chi connectivity index (χ4v) is 5.12. The number of fused-ring (bicyclic) bond motifs is 1. The van der Waals surface area contributed by atoms with E-state index in [9.17, 15) is 9.59 Å². The number of hydrogen-bond donors (Lipinski definition) is 0. The molecule has 1 aliphatic carbocycles. The second kappa shape index (κ2) is 6.75. The number of carbonyl (C=O) groups is 2. The summed E-state index contributed by atoms with van der Waals surface area (Å²) in [6.07, 6.45) is 12.5. The van der Waals surface area contributed by atoms with Gasteiger partial charge in [-0.3, -0.25) is 9.59 Å². The van der Waals surface area contributed by atoms with Crippen molar-refractivity contribution in [1.82, 2.24) is 4.90 Å². The zero-order valence-corrected chi connectivity index (χ0v) is 15.1. The molecule has 4 rings (SSSR count). The third-order valence-electron chi connectivity index (χ3n) is 6.41. The molecular formula is C20H29NO4. The van der Waals surface area contributed by atoms with Gasteiger partial charge in [-0.1, -0.05) is 51.2 Å². The van der Waals surface area contributed by atoms with Gasteiger partial charge in [0.25, 0.3) is 0 Å². The van der Waals surface area contributed by atoms with Crippen molar-refractivity contribution >= 4 is 11.9 Å². The van der Waals surface area contributed by atoms with E-state index < -0.39 is 11.5 Å². The third kappa shape index (κ3) is 2.80. The maximum absolute atomic E-state index is 13.2. The van der Waals surface area contributed by atoms with E-state index in [1.807, 2.05) is 17.1 Å². The minimum Gasteiger partial charge on any atom is -0.465 e. The summed E-state index contributed by atoms with van der Waals surface area (Å²) in [5.41, 5.74) is -0.591. The predicted octanol–water partition coefficient (Wildman–Crippen LogP) is 2.83. The van der Waals surface area contributed by atoms with Gasteiger partial charge in [-0.2, -0.15) is 0 Å². The summed E-state index contributed by atoms with van der Waals surface area (Å²) in [5.74, 6) is -0.999. The Morgan fingerprint density at radius 2 is 2.12 bits per heavy atom. The Hall–Kier alpha value is -1.36. The lowest BCUT2D eigenvalue weighted by molar-refractivity contribution is -0.154. The molecule has 2 saturated heterocycles. The minimum absolute atomic E-state index is 0.106. The van der Waals surface area contributed by atoms with Crippen molar-refractivity contribution in [3.8, 4) is 0 Å². The van der Waals surface area contributed by atoms with Gasteiger partial charge in [0, 0.05) is 6.04 Å². The van der Waals surface area contributed by atoms with Gasteiger partial charge >= 0.3 is 5.97 Å². The fourth-order valence-electron chi connectivity index (χ4n) is 5.12. The van der Waals surface area contributed by atoms with Gasteiger partial charge in [0.15, 0.2) is 0 Å². The zero-order valence-electron chi connectivity index (χ0n) is 15.1. The summed E-state index contributed by atoms with van der Waals surface area (Å²) in [6, 6.07) is 0.318. The van der Waals surface area contributed by atoms with Crippen LogP contribution < -0.4 is 0 Å². The predicted molar refractivity (Wildman–Crippen MR) is 92.8 cm³/mol. The van der Waals surface area contributed by atoms with Crippen LogP contribution in [0.4, 0.5) is 0 Å². The van der Waals surface area contributed by atoms with Gasteiger partial charge in [0.2, 0.25) is 5.91 Å². The number of nitrogens with zero attached hydrogens (tertiary/aromatic N) is 1. The van der Waals surface area contributed by atoms with Crippen LogP contribution in [0.5, 0.6) is 0 Å². The van der Waals surface area contributed by atoms with E-state index in [-0.39, 0.29) is 23.9 Å². The number of likely N-dealkylation sites (tertiary alicyclic amines) is 1. The quantitative estimate of drug-likeness (QED) is 0.421. The Bertz CT molecular complexity index is 568. The second-order valence-electron chi connectivity index (χ2n) is 8.03. The van der Waals surface area contributed by atoms with Crippen LogP contribution in [0.1, 0.15) is 58.3 Å².